The second-order valence-corrected chi connectivity index (χ2v) is 6.71. The number of esters is 1. The summed E-state index contributed by atoms with van der Waals surface area (Å²) in [5, 5.41) is 2.45. The summed E-state index contributed by atoms with van der Waals surface area (Å²) in [5.41, 5.74) is 0.0359. The van der Waals surface area contributed by atoms with Crippen LogP contribution in [-0.2, 0) is 9.53 Å². The summed E-state index contributed by atoms with van der Waals surface area (Å²) in [6.45, 7) is 3.60. The van der Waals surface area contributed by atoms with Gasteiger partial charge in [0.2, 0.25) is 11.2 Å². The average molecular weight is 404 g/mol. The van der Waals surface area contributed by atoms with Gasteiger partial charge >= 0.3 is 5.97 Å². The topological polar surface area (TPSA) is 75.0 Å². The second-order valence-electron chi connectivity index (χ2n) is 6.71. The van der Waals surface area contributed by atoms with E-state index in [2.05, 4.69) is 0 Å². The fourth-order valence-electron chi connectivity index (χ4n) is 3.10. The Labute approximate surface area is 172 Å². The first-order chi connectivity index (χ1) is 14.5. The molecule has 4 rings (SSSR count). The van der Waals surface area contributed by atoms with Crippen LogP contribution in [0.15, 0.2) is 76.1 Å². The Morgan fingerprint density at radius 1 is 1.00 bits per heavy atom. The van der Waals surface area contributed by atoms with Crippen molar-refractivity contribution in [1.29, 1.82) is 0 Å². The van der Waals surface area contributed by atoms with Crippen molar-refractivity contribution in [3.63, 3.8) is 0 Å². The Bertz CT molecular complexity index is 1270. The van der Waals surface area contributed by atoms with Crippen molar-refractivity contribution in [3.05, 3.63) is 77.2 Å². The van der Waals surface area contributed by atoms with Gasteiger partial charge in [0, 0.05) is 6.07 Å². The number of carbonyl (C=O) groups excluding carboxylic acids is 1. The van der Waals surface area contributed by atoms with E-state index in [9.17, 15) is 9.59 Å². The van der Waals surface area contributed by atoms with E-state index in [1.165, 1.54) is 6.26 Å². The first-order valence-corrected chi connectivity index (χ1v) is 9.60. The smallest absolute Gasteiger partial charge is 0.347 e. The van der Waals surface area contributed by atoms with E-state index in [4.69, 9.17) is 18.6 Å². The van der Waals surface area contributed by atoms with E-state index in [0.29, 0.717) is 22.5 Å². The lowest BCUT2D eigenvalue weighted by Gasteiger charge is -2.13. The molecule has 6 nitrogen and oxygen atoms in total. The van der Waals surface area contributed by atoms with Gasteiger partial charge in [-0.2, -0.15) is 0 Å². The van der Waals surface area contributed by atoms with Crippen molar-refractivity contribution in [2.75, 3.05) is 6.61 Å². The van der Waals surface area contributed by atoms with Crippen LogP contribution in [0.25, 0.3) is 21.7 Å². The Morgan fingerprint density at radius 2 is 1.77 bits per heavy atom. The standard InChI is InChI=1S/C24H20O6/c1-3-27-24(26)15(2)29-19-10-11-20-21(13-19)28-14-22(23(20)25)30-18-9-8-16-6-4-5-7-17(16)12-18/h4-15H,3H2,1-2H3/t15-/m0/s1. The Morgan fingerprint density at radius 3 is 2.57 bits per heavy atom. The maximum absolute atomic E-state index is 12.8. The van der Waals surface area contributed by atoms with E-state index >= 15 is 0 Å². The van der Waals surface area contributed by atoms with Crippen LogP contribution in [0.4, 0.5) is 0 Å². The molecule has 152 valence electrons. The van der Waals surface area contributed by atoms with Gasteiger partial charge in [0.15, 0.2) is 6.10 Å². The van der Waals surface area contributed by atoms with Gasteiger partial charge in [-0.05, 0) is 48.9 Å². The molecular weight excluding hydrogens is 384 g/mol. The summed E-state index contributed by atoms with van der Waals surface area (Å²) in [6.07, 6.45) is 0.503. The third-order valence-corrected chi connectivity index (χ3v) is 4.59. The van der Waals surface area contributed by atoms with Gasteiger partial charge in [0.25, 0.3) is 0 Å². The van der Waals surface area contributed by atoms with Crippen molar-refractivity contribution in [2.45, 2.75) is 20.0 Å². The first-order valence-electron chi connectivity index (χ1n) is 9.60. The summed E-state index contributed by atoms with van der Waals surface area (Å²) in [6, 6.07) is 18.2. The van der Waals surface area contributed by atoms with Crippen molar-refractivity contribution in [2.24, 2.45) is 0 Å². The van der Waals surface area contributed by atoms with Crippen molar-refractivity contribution < 1.29 is 23.4 Å². The van der Waals surface area contributed by atoms with Crippen LogP contribution in [-0.4, -0.2) is 18.7 Å². The summed E-state index contributed by atoms with van der Waals surface area (Å²) in [4.78, 5) is 24.6. The van der Waals surface area contributed by atoms with Crippen LogP contribution < -0.4 is 14.9 Å². The number of fused-ring (bicyclic) bond motifs is 2. The Balaban J connectivity index is 1.59. The van der Waals surface area contributed by atoms with Crippen molar-refractivity contribution >= 4 is 27.7 Å². The zero-order valence-corrected chi connectivity index (χ0v) is 16.6. The minimum atomic E-state index is -0.773. The minimum absolute atomic E-state index is 0.0892. The molecule has 6 heteroatoms. The van der Waals surface area contributed by atoms with E-state index < -0.39 is 12.1 Å². The highest BCUT2D eigenvalue weighted by atomic mass is 16.6. The molecule has 0 saturated carbocycles. The molecule has 0 N–H and O–H groups in total. The predicted octanol–water partition coefficient (Wildman–Crippen LogP) is 5.07. The SMILES string of the molecule is CCOC(=O)[C@H](C)Oc1ccc2c(=O)c(Oc3ccc4ccccc4c3)coc2c1. The Kier molecular flexibility index (Phi) is 5.39. The summed E-state index contributed by atoms with van der Waals surface area (Å²) in [7, 11) is 0. The normalized spacial score (nSPS) is 11.9. The molecule has 0 aliphatic heterocycles. The summed E-state index contributed by atoms with van der Waals surface area (Å²) in [5.74, 6) is 0.572. The van der Waals surface area contributed by atoms with Gasteiger partial charge in [0.05, 0.1) is 12.0 Å². The fourth-order valence-corrected chi connectivity index (χ4v) is 3.10. The van der Waals surface area contributed by atoms with Crippen molar-refractivity contribution in [1.82, 2.24) is 0 Å². The highest BCUT2D eigenvalue weighted by Crippen LogP contribution is 2.27. The van der Waals surface area contributed by atoms with Crippen LogP contribution >= 0.6 is 0 Å². The Hall–Kier alpha value is -3.80. The highest BCUT2D eigenvalue weighted by molar-refractivity contribution is 5.84. The largest absolute Gasteiger partial charge is 0.479 e. The molecule has 1 aromatic heterocycles. The van der Waals surface area contributed by atoms with Crippen LogP contribution in [0.5, 0.6) is 17.2 Å². The maximum Gasteiger partial charge on any atom is 0.347 e. The number of rotatable bonds is 6. The van der Waals surface area contributed by atoms with E-state index in [1.807, 2.05) is 36.4 Å². The monoisotopic (exact) mass is 404 g/mol. The van der Waals surface area contributed by atoms with Gasteiger partial charge in [-0.3, -0.25) is 4.79 Å². The quantitative estimate of drug-likeness (QED) is 0.418. The molecule has 0 aliphatic carbocycles. The van der Waals surface area contributed by atoms with Gasteiger partial charge < -0.3 is 18.6 Å². The molecule has 0 aliphatic rings. The lowest BCUT2D eigenvalue weighted by molar-refractivity contribution is -0.150. The molecule has 1 atom stereocenters. The molecule has 0 radical (unpaired) electrons. The van der Waals surface area contributed by atoms with Gasteiger partial charge in [0.1, 0.15) is 23.3 Å². The molecular formula is C24H20O6. The van der Waals surface area contributed by atoms with E-state index in [1.54, 1.807) is 38.1 Å². The third-order valence-electron chi connectivity index (χ3n) is 4.59. The molecule has 4 aromatic rings. The maximum atomic E-state index is 12.8. The van der Waals surface area contributed by atoms with Crippen molar-refractivity contribution in [3.8, 4) is 17.2 Å². The molecule has 3 aromatic carbocycles. The summed E-state index contributed by atoms with van der Waals surface area (Å²) >= 11 is 0. The minimum Gasteiger partial charge on any atom is -0.479 e. The lowest BCUT2D eigenvalue weighted by Crippen LogP contribution is -2.26. The van der Waals surface area contributed by atoms with Crippen LogP contribution in [0.2, 0.25) is 0 Å². The first kappa shape index (κ1) is 19.5. The fraction of sp³-hybridized carbons (Fsp3) is 0.167. The zero-order chi connectivity index (χ0) is 21.1. The third kappa shape index (κ3) is 3.98. The number of hydrogen-bond donors (Lipinski definition) is 0. The summed E-state index contributed by atoms with van der Waals surface area (Å²) < 4.78 is 21.9. The molecule has 0 unspecified atom stereocenters. The van der Waals surface area contributed by atoms with Gasteiger partial charge in [-0.1, -0.05) is 30.3 Å². The predicted molar refractivity (Wildman–Crippen MR) is 113 cm³/mol. The number of carbonyl (C=O) groups is 1. The number of hydrogen-bond acceptors (Lipinski definition) is 6. The molecule has 0 amide bonds. The van der Waals surface area contributed by atoms with E-state index in [-0.39, 0.29) is 17.8 Å². The number of benzene rings is 3. The van der Waals surface area contributed by atoms with Crippen LogP contribution in [0.3, 0.4) is 0 Å². The molecule has 0 bridgehead atoms. The highest BCUT2D eigenvalue weighted by Gasteiger charge is 2.17. The lowest BCUT2D eigenvalue weighted by atomic mass is 10.1. The van der Waals surface area contributed by atoms with Crippen LogP contribution in [0.1, 0.15) is 13.8 Å². The van der Waals surface area contributed by atoms with E-state index in [0.717, 1.165) is 10.8 Å². The molecule has 0 fully saturated rings. The molecule has 0 saturated heterocycles. The molecule has 30 heavy (non-hydrogen) atoms. The second kappa shape index (κ2) is 8.29. The molecule has 1 heterocycles. The average Bonchev–Trinajstić information content (AvgIpc) is 2.76. The van der Waals surface area contributed by atoms with Gasteiger partial charge in [-0.25, -0.2) is 4.79 Å². The number of ether oxygens (including phenoxy) is 3. The zero-order valence-electron chi connectivity index (χ0n) is 16.6. The van der Waals surface area contributed by atoms with Crippen LogP contribution in [0, 0.1) is 0 Å². The molecule has 0 spiro atoms. The van der Waals surface area contributed by atoms with Gasteiger partial charge in [-0.15, -0.1) is 0 Å².